The number of rotatable bonds is 3. The van der Waals surface area contributed by atoms with Crippen molar-refractivity contribution >= 4 is 5.78 Å². The summed E-state index contributed by atoms with van der Waals surface area (Å²) in [5, 5.41) is 13.9. The van der Waals surface area contributed by atoms with E-state index in [-0.39, 0.29) is 11.7 Å². The van der Waals surface area contributed by atoms with Crippen LogP contribution in [0.5, 0.6) is 0 Å². The van der Waals surface area contributed by atoms with Crippen molar-refractivity contribution in [3.8, 4) is 6.07 Å². The monoisotopic (exact) mass is 312 g/mol. The van der Waals surface area contributed by atoms with Crippen LogP contribution in [-0.4, -0.2) is 15.6 Å². The molecule has 2 heterocycles. The Bertz CT molecular complexity index is 749. The molecule has 1 aromatic rings. The summed E-state index contributed by atoms with van der Waals surface area (Å²) in [6.45, 7) is 5.00. The van der Waals surface area contributed by atoms with Gasteiger partial charge in [0.05, 0.1) is 12.1 Å². The van der Waals surface area contributed by atoms with E-state index in [1.807, 2.05) is 10.9 Å². The van der Waals surface area contributed by atoms with E-state index in [0.29, 0.717) is 35.7 Å². The van der Waals surface area contributed by atoms with E-state index in [2.05, 4.69) is 25.0 Å². The van der Waals surface area contributed by atoms with Crippen LogP contribution in [-0.2, 0) is 16.1 Å². The summed E-state index contributed by atoms with van der Waals surface area (Å²) in [7, 11) is 0. The normalized spacial score (nSPS) is 21.3. The number of hydrogen-bond acceptors (Lipinski definition) is 5. The number of nitrogens with zero attached hydrogens (tertiary/aromatic N) is 3. The Morgan fingerprint density at radius 2 is 2.30 bits per heavy atom. The van der Waals surface area contributed by atoms with Gasteiger partial charge < -0.3 is 10.5 Å². The van der Waals surface area contributed by atoms with E-state index >= 15 is 0 Å². The number of hydrogen-bond donors (Lipinski definition) is 1. The van der Waals surface area contributed by atoms with Crippen molar-refractivity contribution in [1.29, 1.82) is 5.26 Å². The van der Waals surface area contributed by atoms with E-state index in [9.17, 15) is 10.1 Å². The molecule has 0 fully saturated rings. The number of nitriles is 1. The average molecular weight is 312 g/mol. The maximum atomic E-state index is 12.4. The number of ketones is 1. The first-order valence-electron chi connectivity index (χ1n) is 7.87. The zero-order valence-electron chi connectivity index (χ0n) is 13.4. The molecule has 2 N–H and O–H groups in total. The van der Waals surface area contributed by atoms with Crippen LogP contribution in [0.25, 0.3) is 0 Å². The third-order valence-corrected chi connectivity index (χ3v) is 4.14. The number of Topliss-reactive ketones (excluding diaryl/α,β-unsaturated/α-hetero) is 1. The fraction of sp³-hybridized carbons (Fsp3) is 0.471. The van der Waals surface area contributed by atoms with Crippen molar-refractivity contribution in [1.82, 2.24) is 9.78 Å². The third-order valence-electron chi connectivity index (χ3n) is 4.14. The molecule has 0 aromatic carbocycles. The molecule has 23 heavy (non-hydrogen) atoms. The minimum absolute atomic E-state index is 0.0353. The summed E-state index contributed by atoms with van der Waals surface area (Å²) in [6, 6.07) is 2.11. The van der Waals surface area contributed by atoms with Crippen molar-refractivity contribution in [2.75, 3.05) is 0 Å². The van der Waals surface area contributed by atoms with Gasteiger partial charge in [0, 0.05) is 36.7 Å². The number of allylic oxidation sites excluding steroid dienone is 3. The summed E-state index contributed by atoms with van der Waals surface area (Å²) in [5.74, 6) is 0.743. The molecular weight excluding hydrogens is 292 g/mol. The third kappa shape index (κ3) is 2.74. The molecule has 6 heteroatoms. The molecule has 1 aromatic heterocycles. The SMILES string of the molecule is CC(C)Cn1cc([C@H]2C(C#N)=C(N)OC3=C2C(=O)CCC3)cn1. The van der Waals surface area contributed by atoms with Gasteiger partial charge in [-0.25, -0.2) is 0 Å². The lowest BCUT2D eigenvalue weighted by Crippen LogP contribution is -2.27. The zero-order valence-corrected chi connectivity index (χ0v) is 13.4. The van der Waals surface area contributed by atoms with Crippen molar-refractivity contribution in [3.63, 3.8) is 0 Å². The van der Waals surface area contributed by atoms with E-state index < -0.39 is 5.92 Å². The smallest absolute Gasteiger partial charge is 0.205 e. The standard InChI is InChI=1S/C17H20N4O2/c1-10(2)8-21-9-11(7-20-21)15-12(6-18)17(19)23-14-5-3-4-13(22)16(14)15/h7,9-10,15H,3-5,8,19H2,1-2H3/t15-/m0/s1. The minimum Gasteiger partial charge on any atom is -0.444 e. The van der Waals surface area contributed by atoms with Gasteiger partial charge in [0.25, 0.3) is 0 Å². The van der Waals surface area contributed by atoms with Crippen LogP contribution in [0.2, 0.25) is 0 Å². The molecule has 1 aliphatic carbocycles. The van der Waals surface area contributed by atoms with E-state index in [1.165, 1.54) is 0 Å². The fourth-order valence-electron chi connectivity index (χ4n) is 3.19. The highest BCUT2D eigenvalue weighted by molar-refractivity contribution is 5.99. The van der Waals surface area contributed by atoms with Gasteiger partial charge in [-0.3, -0.25) is 9.48 Å². The molecule has 0 radical (unpaired) electrons. The molecule has 1 atom stereocenters. The van der Waals surface area contributed by atoms with Crippen LogP contribution in [0.4, 0.5) is 0 Å². The van der Waals surface area contributed by atoms with Gasteiger partial charge in [0.1, 0.15) is 17.4 Å². The highest BCUT2D eigenvalue weighted by Gasteiger charge is 2.38. The predicted octanol–water partition coefficient (Wildman–Crippen LogP) is 2.35. The van der Waals surface area contributed by atoms with Gasteiger partial charge in [-0.2, -0.15) is 10.4 Å². The second-order valence-corrected chi connectivity index (χ2v) is 6.43. The lowest BCUT2D eigenvalue weighted by Gasteiger charge is -2.30. The molecule has 0 spiro atoms. The van der Waals surface area contributed by atoms with Gasteiger partial charge in [0.15, 0.2) is 5.78 Å². The fourth-order valence-corrected chi connectivity index (χ4v) is 3.19. The van der Waals surface area contributed by atoms with Crippen LogP contribution in [0, 0.1) is 17.2 Å². The number of nitrogens with two attached hydrogens (primary N) is 1. The van der Waals surface area contributed by atoms with E-state index in [0.717, 1.165) is 18.5 Å². The Hall–Kier alpha value is -2.55. The Morgan fingerprint density at radius 1 is 1.52 bits per heavy atom. The highest BCUT2D eigenvalue weighted by Crippen LogP contribution is 2.43. The molecule has 0 amide bonds. The van der Waals surface area contributed by atoms with Gasteiger partial charge in [-0.05, 0) is 12.3 Å². The van der Waals surface area contributed by atoms with Crippen molar-refractivity contribution in [2.45, 2.75) is 45.6 Å². The van der Waals surface area contributed by atoms with E-state index in [1.54, 1.807) is 6.20 Å². The van der Waals surface area contributed by atoms with Gasteiger partial charge >= 0.3 is 0 Å². The molecule has 120 valence electrons. The molecule has 0 bridgehead atoms. The Balaban J connectivity index is 2.06. The van der Waals surface area contributed by atoms with Crippen LogP contribution < -0.4 is 5.73 Å². The molecular formula is C17H20N4O2. The first kappa shape index (κ1) is 15.3. The average Bonchev–Trinajstić information content (AvgIpc) is 2.93. The van der Waals surface area contributed by atoms with Crippen molar-refractivity contribution in [2.24, 2.45) is 11.7 Å². The van der Waals surface area contributed by atoms with Gasteiger partial charge in [-0.1, -0.05) is 13.8 Å². The zero-order chi connectivity index (χ0) is 16.6. The summed E-state index contributed by atoms with van der Waals surface area (Å²) >= 11 is 0. The van der Waals surface area contributed by atoms with Crippen molar-refractivity contribution in [3.05, 3.63) is 40.7 Å². The Morgan fingerprint density at radius 3 is 3.00 bits per heavy atom. The summed E-state index contributed by atoms with van der Waals surface area (Å²) < 4.78 is 7.40. The van der Waals surface area contributed by atoms with Crippen LogP contribution in [0.3, 0.4) is 0 Å². The molecule has 2 aliphatic rings. The lowest BCUT2D eigenvalue weighted by molar-refractivity contribution is -0.116. The highest BCUT2D eigenvalue weighted by atomic mass is 16.5. The summed E-state index contributed by atoms with van der Waals surface area (Å²) in [4.78, 5) is 12.4. The number of aromatic nitrogens is 2. The van der Waals surface area contributed by atoms with Gasteiger partial charge in [-0.15, -0.1) is 0 Å². The maximum Gasteiger partial charge on any atom is 0.205 e. The second-order valence-electron chi connectivity index (χ2n) is 6.43. The van der Waals surface area contributed by atoms with E-state index in [4.69, 9.17) is 10.5 Å². The quantitative estimate of drug-likeness (QED) is 0.924. The Labute approximate surface area is 135 Å². The van der Waals surface area contributed by atoms with Crippen LogP contribution in [0.15, 0.2) is 35.2 Å². The number of carbonyl (C=O) groups excluding carboxylic acids is 1. The number of carbonyl (C=O) groups is 1. The summed E-state index contributed by atoms with van der Waals surface area (Å²) in [6.07, 6.45) is 5.53. The Kier molecular flexibility index (Phi) is 3.95. The largest absolute Gasteiger partial charge is 0.444 e. The molecule has 0 unspecified atom stereocenters. The van der Waals surface area contributed by atoms with Crippen LogP contribution in [0.1, 0.15) is 44.6 Å². The maximum absolute atomic E-state index is 12.4. The molecule has 3 rings (SSSR count). The van der Waals surface area contributed by atoms with Gasteiger partial charge in [0.2, 0.25) is 5.88 Å². The topological polar surface area (TPSA) is 93.9 Å². The summed E-state index contributed by atoms with van der Waals surface area (Å²) in [5.41, 5.74) is 7.60. The van der Waals surface area contributed by atoms with Crippen molar-refractivity contribution < 1.29 is 9.53 Å². The second kappa shape index (κ2) is 5.92. The molecule has 6 nitrogen and oxygen atoms in total. The molecule has 0 saturated carbocycles. The predicted molar refractivity (Wildman–Crippen MR) is 83.6 cm³/mol. The lowest BCUT2D eigenvalue weighted by atomic mass is 9.78. The molecule has 1 aliphatic heterocycles. The number of ether oxygens (including phenoxy) is 1. The van der Waals surface area contributed by atoms with Crippen LogP contribution >= 0.6 is 0 Å². The minimum atomic E-state index is -0.461. The first-order chi connectivity index (χ1) is 11.0. The first-order valence-corrected chi connectivity index (χ1v) is 7.87. The molecule has 0 saturated heterocycles.